The molecule has 2 aromatic rings. The number of benzene rings is 1. The zero-order valence-corrected chi connectivity index (χ0v) is 20.9. The third-order valence-corrected chi connectivity index (χ3v) is 5.18. The third kappa shape index (κ3) is 6.65. The van der Waals surface area contributed by atoms with Crippen molar-refractivity contribution in [1.82, 2.24) is 10.3 Å². The highest BCUT2D eigenvalue weighted by Gasteiger charge is 2.30. The maximum atomic E-state index is 12.6. The molecule has 1 amide bonds. The molecule has 1 saturated carbocycles. The zero-order chi connectivity index (χ0) is 25.0. The van der Waals surface area contributed by atoms with Crippen LogP contribution in [0.4, 0.5) is 4.79 Å². The molecular weight excluding hydrogens is 440 g/mol. The van der Waals surface area contributed by atoms with E-state index in [1.807, 2.05) is 13.8 Å². The summed E-state index contributed by atoms with van der Waals surface area (Å²) in [6.07, 6.45) is 2.88. The Labute approximate surface area is 200 Å². The van der Waals surface area contributed by atoms with Crippen LogP contribution >= 0.6 is 0 Å². The number of ether oxygens (including phenoxy) is 4. The summed E-state index contributed by atoms with van der Waals surface area (Å²) in [7, 11) is 1.51. The van der Waals surface area contributed by atoms with Crippen LogP contribution in [0.3, 0.4) is 0 Å². The van der Waals surface area contributed by atoms with Gasteiger partial charge in [-0.3, -0.25) is 0 Å². The number of carbonyl (C=O) groups is 2. The van der Waals surface area contributed by atoms with Crippen LogP contribution in [0.5, 0.6) is 17.2 Å². The molecule has 9 heteroatoms. The van der Waals surface area contributed by atoms with Crippen molar-refractivity contribution < 1.29 is 33.0 Å². The molecule has 186 valence electrons. The molecule has 1 aromatic heterocycles. The number of esters is 1. The van der Waals surface area contributed by atoms with E-state index in [9.17, 15) is 9.59 Å². The van der Waals surface area contributed by atoms with Crippen LogP contribution in [0.1, 0.15) is 75.4 Å². The number of nitrogens with zero attached hydrogens (tertiary/aromatic N) is 1. The minimum Gasteiger partial charge on any atom is -0.492 e. The van der Waals surface area contributed by atoms with Crippen LogP contribution in [0.15, 0.2) is 22.8 Å². The van der Waals surface area contributed by atoms with Gasteiger partial charge in [-0.25, -0.2) is 14.6 Å². The Morgan fingerprint density at radius 3 is 2.44 bits per heavy atom. The summed E-state index contributed by atoms with van der Waals surface area (Å²) in [6, 6.07) is 2.95. The van der Waals surface area contributed by atoms with E-state index >= 15 is 0 Å². The number of rotatable bonds is 9. The molecule has 1 heterocycles. The van der Waals surface area contributed by atoms with Gasteiger partial charge in [0.15, 0.2) is 23.1 Å². The van der Waals surface area contributed by atoms with Gasteiger partial charge in [-0.2, -0.15) is 0 Å². The number of aryl methyl sites for hydroxylation is 1. The van der Waals surface area contributed by atoms with E-state index in [0.29, 0.717) is 35.5 Å². The highest BCUT2D eigenvalue weighted by atomic mass is 16.6. The lowest BCUT2D eigenvalue weighted by Gasteiger charge is -2.28. The predicted molar refractivity (Wildman–Crippen MR) is 124 cm³/mol. The maximum absolute atomic E-state index is 12.6. The average Bonchev–Trinajstić information content (AvgIpc) is 3.47. The van der Waals surface area contributed by atoms with Crippen molar-refractivity contribution in [1.29, 1.82) is 0 Å². The molecule has 0 bridgehead atoms. The Hall–Kier alpha value is -3.23. The number of oxazole rings is 1. The summed E-state index contributed by atoms with van der Waals surface area (Å²) in [5, 5.41) is 2.93. The molecule has 34 heavy (non-hydrogen) atoms. The van der Waals surface area contributed by atoms with Gasteiger partial charge in [0.05, 0.1) is 19.8 Å². The van der Waals surface area contributed by atoms with Gasteiger partial charge in [0.2, 0.25) is 5.75 Å². The summed E-state index contributed by atoms with van der Waals surface area (Å²) < 4.78 is 28.0. The Morgan fingerprint density at radius 2 is 1.91 bits per heavy atom. The second-order valence-electron chi connectivity index (χ2n) is 9.78. The van der Waals surface area contributed by atoms with E-state index in [0.717, 1.165) is 12.8 Å². The van der Waals surface area contributed by atoms with Gasteiger partial charge >= 0.3 is 12.1 Å². The Bertz CT molecular complexity index is 1020. The SMILES string of the molecule is COc1c([C@@H](NC(=O)OC(C)(C)C)C(C)C)ccc(OC(=O)c2coc(C)n2)c1OCC1CC1. The molecule has 1 N–H and O–H groups in total. The molecule has 1 aliphatic carbocycles. The fourth-order valence-electron chi connectivity index (χ4n) is 3.37. The second-order valence-corrected chi connectivity index (χ2v) is 9.78. The van der Waals surface area contributed by atoms with E-state index in [-0.39, 0.29) is 17.4 Å². The topological polar surface area (TPSA) is 109 Å². The van der Waals surface area contributed by atoms with Crippen molar-refractivity contribution >= 4 is 12.1 Å². The molecular formula is C25H34N2O7. The van der Waals surface area contributed by atoms with Gasteiger partial charge in [-0.05, 0) is 57.6 Å². The molecule has 1 aliphatic rings. The molecule has 9 nitrogen and oxygen atoms in total. The fourth-order valence-corrected chi connectivity index (χ4v) is 3.37. The number of aromatic nitrogens is 1. The summed E-state index contributed by atoms with van der Waals surface area (Å²) >= 11 is 0. The van der Waals surface area contributed by atoms with E-state index in [4.69, 9.17) is 23.4 Å². The molecule has 0 aliphatic heterocycles. The number of hydrogen-bond donors (Lipinski definition) is 1. The van der Waals surface area contributed by atoms with Crippen molar-refractivity contribution in [3.63, 3.8) is 0 Å². The Kier molecular flexibility index (Phi) is 7.74. The molecule has 0 unspecified atom stereocenters. The van der Waals surface area contributed by atoms with Crippen molar-refractivity contribution in [2.45, 2.75) is 66.0 Å². The molecule has 0 spiro atoms. The smallest absolute Gasteiger partial charge is 0.408 e. The minimum absolute atomic E-state index is 0.00389. The molecule has 1 aromatic carbocycles. The number of amides is 1. The third-order valence-electron chi connectivity index (χ3n) is 5.18. The van der Waals surface area contributed by atoms with Crippen LogP contribution < -0.4 is 19.5 Å². The van der Waals surface area contributed by atoms with E-state index in [1.165, 1.54) is 13.4 Å². The maximum Gasteiger partial charge on any atom is 0.408 e. The average molecular weight is 475 g/mol. The first-order valence-electron chi connectivity index (χ1n) is 11.5. The van der Waals surface area contributed by atoms with Gasteiger partial charge in [-0.1, -0.05) is 13.8 Å². The summed E-state index contributed by atoms with van der Waals surface area (Å²) in [6.45, 7) is 11.5. The number of alkyl carbamates (subject to hydrolysis) is 1. The fraction of sp³-hybridized carbons (Fsp3) is 0.560. The van der Waals surface area contributed by atoms with Crippen molar-refractivity contribution in [2.75, 3.05) is 13.7 Å². The van der Waals surface area contributed by atoms with Crippen molar-refractivity contribution in [3.8, 4) is 17.2 Å². The first kappa shape index (κ1) is 25.4. The standard InChI is InChI=1S/C25H34N2O7/c1-14(2)20(27-24(29)34-25(4,5)6)17-10-11-19(33-23(28)18-13-31-15(3)26-18)22(21(17)30-7)32-12-16-8-9-16/h10-11,13-14,16,20H,8-9,12H2,1-7H3,(H,27,29)/t20-/m0/s1. The van der Waals surface area contributed by atoms with Gasteiger partial charge in [0.25, 0.3) is 0 Å². The molecule has 1 fully saturated rings. The molecule has 0 radical (unpaired) electrons. The highest BCUT2D eigenvalue weighted by molar-refractivity contribution is 5.89. The van der Waals surface area contributed by atoms with E-state index in [1.54, 1.807) is 39.8 Å². The number of methoxy groups -OCH3 is 1. The van der Waals surface area contributed by atoms with E-state index < -0.39 is 23.7 Å². The van der Waals surface area contributed by atoms with Crippen LogP contribution in [-0.2, 0) is 4.74 Å². The normalized spacial score (nSPS) is 14.5. The lowest BCUT2D eigenvalue weighted by molar-refractivity contribution is 0.0488. The number of hydrogen-bond acceptors (Lipinski definition) is 8. The number of carbonyl (C=O) groups excluding carboxylic acids is 2. The lowest BCUT2D eigenvalue weighted by Crippen LogP contribution is -2.37. The highest BCUT2D eigenvalue weighted by Crippen LogP contribution is 2.45. The first-order chi connectivity index (χ1) is 16.0. The Balaban J connectivity index is 1.95. The summed E-state index contributed by atoms with van der Waals surface area (Å²) in [5.41, 5.74) is 0.109. The van der Waals surface area contributed by atoms with Crippen molar-refractivity contribution in [2.24, 2.45) is 11.8 Å². The van der Waals surface area contributed by atoms with Crippen LogP contribution in [-0.4, -0.2) is 36.4 Å². The van der Waals surface area contributed by atoms with Gasteiger partial charge in [-0.15, -0.1) is 0 Å². The quantitative estimate of drug-likeness (QED) is 0.389. The first-order valence-corrected chi connectivity index (χ1v) is 11.5. The van der Waals surface area contributed by atoms with E-state index in [2.05, 4.69) is 10.3 Å². The largest absolute Gasteiger partial charge is 0.492 e. The van der Waals surface area contributed by atoms with Gasteiger partial charge in [0.1, 0.15) is 11.9 Å². The van der Waals surface area contributed by atoms with Crippen LogP contribution in [0.25, 0.3) is 0 Å². The predicted octanol–water partition coefficient (Wildman–Crippen LogP) is 5.22. The minimum atomic E-state index is -0.671. The number of nitrogens with one attached hydrogen (secondary N) is 1. The van der Waals surface area contributed by atoms with Crippen LogP contribution in [0, 0.1) is 18.8 Å². The van der Waals surface area contributed by atoms with Crippen LogP contribution in [0.2, 0.25) is 0 Å². The van der Waals surface area contributed by atoms with Gasteiger partial charge in [0, 0.05) is 12.5 Å². The Morgan fingerprint density at radius 1 is 1.21 bits per heavy atom. The summed E-state index contributed by atoms with van der Waals surface area (Å²) in [4.78, 5) is 29.2. The second kappa shape index (κ2) is 10.4. The lowest BCUT2D eigenvalue weighted by atomic mass is 9.94. The molecule has 1 atom stereocenters. The monoisotopic (exact) mass is 474 g/mol. The molecule has 0 saturated heterocycles. The summed E-state index contributed by atoms with van der Waals surface area (Å²) in [5.74, 6) is 1.04. The molecule has 3 rings (SSSR count). The van der Waals surface area contributed by atoms with Gasteiger partial charge < -0.3 is 28.7 Å². The van der Waals surface area contributed by atoms with Crippen molar-refractivity contribution in [3.05, 3.63) is 35.5 Å². The zero-order valence-electron chi connectivity index (χ0n) is 20.9.